The highest BCUT2D eigenvalue weighted by Crippen LogP contribution is 2.35. The van der Waals surface area contributed by atoms with Crippen molar-refractivity contribution in [2.75, 3.05) is 0 Å². The molecule has 0 saturated heterocycles. The molecule has 0 aliphatic carbocycles. The zero-order chi connectivity index (χ0) is 12.1. The Balaban J connectivity index is 2.76. The normalized spacial score (nSPS) is 13.4. The first-order chi connectivity index (χ1) is 7.60. The smallest absolute Gasteiger partial charge is 0.0960 e. The van der Waals surface area contributed by atoms with Crippen LogP contribution < -0.4 is 5.73 Å². The second-order valence-electron chi connectivity index (χ2n) is 4.47. The molecule has 0 saturated carbocycles. The number of thiophene rings is 1. The molecule has 92 valence electrons. The van der Waals surface area contributed by atoms with Gasteiger partial charge in [0.15, 0.2) is 0 Å². The van der Waals surface area contributed by atoms with Crippen LogP contribution in [0, 0.1) is 12.8 Å². The molecule has 1 aromatic rings. The summed E-state index contributed by atoms with van der Waals surface area (Å²) in [5.41, 5.74) is 7.50. The maximum absolute atomic E-state index is 6.35. The van der Waals surface area contributed by atoms with Gasteiger partial charge >= 0.3 is 0 Å². The average molecular weight is 260 g/mol. The zero-order valence-corrected chi connectivity index (χ0v) is 12.0. The molecule has 1 aromatic heterocycles. The number of aryl methyl sites for hydroxylation is 1. The summed E-state index contributed by atoms with van der Waals surface area (Å²) in [6.07, 6.45) is 4.83. The molecular formula is C13H22ClNS. The third-order valence-electron chi connectivity index (χ3n) is 3.03. The molecule has 1 heterocycles. The van der Waals surface area contributed by atoms with E-state index in [0.29, 0.717) is 5.92 Å². The average Bonchev–Trinajstić information content (AvgIpc) is 2.58. The first kappa shape index (κ1) is 14.0. The van der Waals surface area contributed by atoms with Crippen molar-refractivity contribution < 1.29 is 0 Å². The van der Waals surface area contributed by atoms with E-state index in [4.69, 9.17) is 17.3 Å². The van der Waals surface area contributed by atoms with Gasteiger partial charge in [-0.3, -0.25) is 0 Å². The Hall–Kier alpha value is -0.0500. The van der Waals surface area contributed by atoms with Crippen LogP contribution in [0.15, 0.2) is 6.07 Å². The number of halogens is 1. The fraction of sp³-hybridized carbons (Fsp3) is 0.692. The van der Waals surface area contributed by atoms with Crippen LogP contribution in [0.25, 0.3) is 0 Å². The molecule has 0 aromatic carbocycles. The minimum Gasteiger partial charge on any atom is -0.323 e. The summed E-state index contributed by atoms with van der Waals surface area (Å²) in [5, 5.41) is 0. The van der Waals surface area contributed by atoms with E-state index >= 15 is 0 Å². The van der Waals surface area contributed by atoms with Crippen molar-refractivity contribution in [2.45, 2.75) is 52.5 Å². The van der Waals surface area contributed by atoms with Gasteiger partial charge in [-0.15, -0.1) is 11.3 Å². The molecule has 0 aliphatic heterocycles. The van der Waals surface area contributed by atoms with Gasteiger partial charge in [0.25, 0.3) is 0 Å². The van der Waals surface area contributed by atoms with E-state index in [0.717, 1.165) is 9.90 Å². The first-order valence-corrected chi connectivity index (χ1v) is 7.31. The SMILES string of the molecule is CCCC(CCC)C(N)c1cc(C)c(Cl)s1. The van der Waals surface area contributed by atoms with Gasteiger partial charge in [-0.05, 0) is 37.3 Å². The van der Waals surface area contributed by atoms with Gasteiger partial charge in [0.2, 0.25) is 0 Å². The minimum atomic E-state index is 0.163. The molecule has 16 heavy (non-hydrogen) atoms. The molecule has 0 fully saturated rings. The molecule has 0 bridgehead atoms. The monoisotopic (exact) mass is 259 g/mol. The van der Waals surface area contributed by atoms with Crippen LogP contribution in [0.2, 0.25) is 4.34 Å². The van der Waals surface area contributed by atoms with E-state index in [2.05, 4.69) is 19.9 Å². The van der Waals surface area contributed by atoms with Crippen molar-refractivity contribution in [3.8, 4) is 0 Å². The van der Waals surface area contributed by atoms with E-state index in [1.54, 1.807) is 11.3 Å². The maximum atomic E-state index is 6.35. The lowest BCUT2D eigenvalue weighted by Gasteiger charge is -2.22. The van der Waals surface area contributed by atoms with Gasteiger partial charge < -0.3 is 5.73 Å². The number of hydrogen-bond donors (Lipinski definition) is 1. The van der Waals surface area contributed by atoms with Gasteiger partial charge in [-0.1, -0.05) is 38.3 Å². The maximum Gasteiger partial charge on any atom is 0.0960 e. The quantitative estimate of drug-likeness (QED) is 0.771. The fourth-order valence-electron chi connectivity index (χ4n) is 2.13. The van der Waals surface area contributed by atoms with Crippen LogP contribution in [0.3, 0.4) is 0 Å². The second kappa shape index (κ2) is 6.63. The first-order valence-electron chi connectivity index (χ1n) is 6.11. The third kappa shape index (κ3) is 3.47. The van der Waals surface area contributed by atoms with Gasteiger partial charge in [0.1, 0.15) is 0 Å². The van der Waals surface area contributed by atoms with Gasteiger partial charge in [-0.25, -0.2) is 0 Å². The Morgan fingerprint density at radius 1 is 1.31 bits per heavy atom. The van der Waals surface area contributed by atoms with Gasteiger partial charge in [-0.2, -0.15) is 0 Å². The lowest BCUT2D eigenvalue weighted by molar-refractivity contribution is 0.372. The van der Waals surface area contributed by atoms with Crippen LogP contribution in [-0.2, 0) is 0 Å². The molecule has 1 nitrogen and oxygen atoms in total. The molecule has 1 unspecified atom stereocenters. The number of rotatable bonds is 6. The molecule has 1 atom stereocenters. The summed E-state index contributed by atoms with van der Waals surface area (Å²) in [7, 11) is 0. The summed E-state index contributed by atoms with van der Waals surface area (Å²) >= 11 is 7.74. The van der Waals surface area contributed by atoms with E-state index in [1.807, 2.05) is 6.92 Å². The Labute approximate surface area is 108 Å². The second-order valence-corrected chi connectivity index (χ2v) is 6.15. The van der Waals surface area contributed by atoms with E-state index < -0.39 is 0 Å². The van der Waals surface area contributed by atoms with Gasteiger partial charge in [0, 0.05) is 10.9 Å². The standard InChI is InChI=1S/C13H22ClNS/c1-4-6-10(7-5-2)12(15)11-8-9(3)13(14)16-11/h8,10,12H,4-7,15H2,1-3H3. The minimum absolute atomic E-state index is 0.163. The van der Waals surface area contributed by atoms with Crippen molar-refractivity contribution >= 4 is 22.9 Å². The van der Waals surface area contributed by atoms with Crippen molar-refractivity contribution in [3.05, 3.63) is 20.8 Å². The van der Waals surface area contributed by atoms with Gasteiger partial charge in [0.05, 0.1) is 4.34 Å². The molecular weight excluding hydrogens is 238 g/mol. The molecule has 0 spiro atoms. The predicted octanol–water partition coefficient (Wildman–Crippen LogP) is 4.93. The summed E-state index contributed by atoms with van der Waals surface area (Å²) in [6, 6.07) is 2.31. The highest BCUT2D eigenvalue weighted by atomic mass is 35.5. The molecule has 0 aliphatic rings. The van der Waals surface area contributed by atoms with E-state index in [-0.39, 0.29) is 6.04 Å². The predicted molar refractivity (Wildman–Crippen MR) is 74.3 cm³/mol. The van der Waals surface area contributed by atoms with Crippen molar-refractivity contribution in [1.82, 2.24) is 0 Å². The summed E-state index contributed by atoms with van der Waals surface area (Å²) in [5.74, 6) is 0.601. The highest BCUT2D eigenvalue weighted by molar-refractivity contribution is 7.16. The lowest BCUT2D eigenvalue weighted by Crippen LogP contribution is -2.20. The fourth-order valence-corrected chi connectivity index (χ4v) is 3.44. The van der Waals surface area contributed by atoms with Crippen LogP contribution >= 0.6 is 22.9 Å². The highest BCUT2D eigenvalue weighted by Gasteiger charge is 2.20. The van der Waals surface area contributed by atoms with Crippen LogP contribution in [-0.4, -0.2) is 0 Å². The summed E-state index contributed by atoms with van der Waals surface area (Å²) < 4.78 is 0.886. The largest absolute Gasteiger partial charge is 0.323 e. The van der Waals surface area contributed by atoms with Crippen LogP contribution in [0.4, 0.5) is 0 Å². The Kier molecular flexibility index (Phi) is 5.81. The summed E-state index contributed by atoms with van der Waals surface area (Å²) in [4.78, 5) is 1.24. The van der Waals surface area contributed by atoms with Crippen LogP contribution in [0.5, 0.6) is 0 Å². The van der Waals surface area contributed by atoms with Crippen molar-refractivity contribution in [1.29, 1.82) is 0 Å². The third-order valence-corrected chi connectivity index (χ3v) is 4.69. The Bertz CT molecular complexity index is 296. The molecule has 2 N–H and O–H groups in total. The molecule has 0 amide bonds. The molecule has 0 radical (unpaired) electrons. The zero-order valence-electron chi connectivity index (χ0n) is 10.4. The Morgan fingerprint density at radius 3 is 2.25 bits per heavy atom. The summed E-state index contributed by atoms with van der Waals surface area (Å²) in [6.45, 7) is 6.49. The van der Waals surface area contributed by atoms with Crippen molar-refractivity contribution in [2.24, 2.45) is 11.7 Å². The van der Waals surface area contributed by atoms with Crippen LogP contribution in [0.1, 0.15) is 56.0 Å². The van der Waals surface area contributed by atoms with E-state index in [1.165, 1.54) is 30.6 Å². The molecule has 1 rings (SSSR count). The lowest BCUT2D eigenvalue weighted by atomic mass is 9.90. The number of hydrogen-bond acceptors (Lipinski definition) is 2. The topological polar surface area (TPSA) is 26.0 Å². The van der Waals surface area contributed by atoms with E-state index in [9.17, 15) is 0 Å². The molecule has 3 heteroatoms. The van der Waals surface area contributed by atoms with Crippen molar-refractivity contribution in [3.63, 3.8) is 0 Å². The number of nitrogens with two attached hydrogens (primary N) is 1. The Morgan fingerprint density at radius 2 is 1.88 bits per heavy atom.